The summed E-state index contributed by atoms with van der Waals surface area (Å²) in [6.45, 7) is 0. The third-order valence-electron chi connectivity index (χ3n) is 20.2. The quantitative estimate of drug-likeness (QED) is 0.115. The highest BCUT2D eigenvalue weighted by atomic mass is 16.3. The molecule has 2 aliphatic carbocycles. The SMILES string of the molecule is c1ccc(C2(c3ccccc3)c3ccccc3-c3ccc(-c4ccc(N(c5ccc(-c6ccc7c(c6)C(c6ccccc6)(c6ccccc6)c6ccccc6-7)cc5)c5ccc(-c6ccccc6-c6ccccc6-c6ccc(-c7nc8ccccc8o7)cc6)cc5)cc4)cc32)cc1. The Kier molecular flexibility index (Phi) is 13.7. The first kappa shape index (κ1) is 56.3. The zero-order chi connectivity index (χ0) is 63.6. The predicted octanol–water partition coefficient (Wildman–Crippen LogP) is 24.0. The number of fused-ring (bicyclic) bond motifs is 7. The molecule has 0 saturated heterocycles. The number of aromatic nitrogens is 1. The predicted molar refractivity (Wildman–Crippen MR) is 396 cm³/mol. The Morgan fingerprint density at radius 2 is 0.521 bits per heavy atom. The van der Waals surface area contributed by atoms with Crippen LogP contribution >= 0.6 is 0 Å². The molecule has 0 aliphatic heterocycles. The van der Waals surface area contributed by atoms with E-state index < -0.39 is 10.8 Å². The molecule has 0 bridgehead atoms. The maximum atomic E-state index is 6.16. The van der Waals surface area contributed by atoms with Gasteiger partial charge in [0.25, 0.3) is 0 Å². The van der Waals surface area contributed by atoms with Crippen molar-refractivity contribution in [3.8, 4) is 89.3 Å². The fraction of sp³-hybridized carbons (Fsp3) is 0.0215. The van der Waals surface area contributed by atoms with Crippen molar-refractivity contribution in [2.75, 3.05) is 4.90 Å². The molecule has 0 spiro atoms. The maximum absolute atomic E-state index is 6.16. The molecule has 0 saturated carbocycles. The van der Waals surface area contributed by atoms with Crippen LogP contribution in [0.25, 0.3) is 100 Å². The molecule has 0 amide bonds. The Labute approximate surface area is 559 Å². The molecule has 1 heterocycles. The average molecular weight is 1220 g/mol. The van der Waals surface area contributed by atoms with Crippen LogP contribution < -0.4 is 4.90 Å². The van der Waals surface area contributed by atoms with Crippen LogP contribution in [0, 0.1) is 0 Å². The van der Waals surface area contributed by atoms with Crippen LogP contribution in [0.3, 0.4) is 0 Å². The number of oxazole rings is 1. The fourth-order valence-corrected chi connectivity index (χ4v) is 15.8. The van der Waals surface area contributed by atoms with Gasteiger partial charge in [0.15, 0.2) is 5.58 Å². The first-order valence-electron chi connectivity index (χ1n) is 33.1. The lowest BCUT2D eigenvalue weighted by Gasteiger charge is -2.34. The van der Waals surface area contributed by atoms with Gasteiger partial charge < -0.3 is 9.32 Å². The first-order valence-corrected chi connectivity index (χ1v) is 33.1. The van der Waals surface area contributed by atoms with Crippen molar-refractivity contribution in [3.05, 3.63) is 421 Å². The Bertz CT molecular complexity index is 5210. The molecule has 2 aliphatic rings. The van der Waals surface area contributed by atoms with Gasteiger partial charge in [-0.2, -0.15) is 0 Å². The standard InChI is InChI=1S/C93H62N2O/c1-5-23-70(24-6-1)92(71-25-7-2-8-26-71)85-37-19-17-35-81(85)83-59-51-68(61-87(83)92)63-45-53-74(54-46-63)95(75-55-47-64(48-56-75)69-52-60-84-82-36-18-20-38-86(82)93(88(84)62-69,72-27-9-3-10-28-72)73-29-11-4-12-30-73)76-57-49-66(50-58-76)78-32-14-16-34-80(78)79-33-15-13-31-77(79)65-41-43-67(44-42-65)91-94-89-39-21-22-40-90(89)96-91/h1-62H. The summed E-state index contributed by atoms with van der Waals surface area (Å²) in [4.78, 5) is 7.17. The second kappa shape index (κ2) is 23.3. The highest BCUT2D eigenvalue weighted by Gasteiger charge is 2.47. The number of anilines is 3. The number of para-hydroxylation sites is 2. The second-order valence-electron chi connectivity index (χ2n) is 25.2. The van der Waals surface area contributed by atoms with Crippen LogP contribution in [0.2, 0.25) is 0 Å². The molecule has 0 unspecified atom stereocenters. The van der Waals surface area contributed by atoms with Crippen LogP contribution in [-0.4, -0.2) is 4.98 Å². The van der Waals surface area contributed by atoms with Gasteiger partial charge in [0.2, 0.25) is 5.89 Å². The van der Waals surface area contributed by atoms with Crippen LogP contribution in [0.4, 0.5) is 17.1 Å². The molecule has 96 heavy (non-hydrogen) atoms. The van der Waals surface area contributed by atoms with Gasteiger partial charge in [0, 0.05) is 22.6 Å². The smallest absolute Gasteiger partial charge is 0.227 e. The molecule has 3 nitrogen and oxygen atoms in total. The maximum Gasteiger partial charge on any atom is 0.227 e. The Morgan fingerprint density at radius 3 is 0.927 bits per heavy atom. The van der Waals surface area contributed by atoms with E-state index in [4.69, 9.17) is 9.40 Å². The lowest BCUT2D eigenvalue weighted by molar-refractivity contribution is 0.620. The van der Waals surface area contributed by atoms with E-state index >= 15 is 0 Å². The van der Waals surface area contributed by atoms with Gasteiger partial charge in [-0.05, 0) is 195 Å². The summed E-state index contributed by atoms with van der Waals surface area (Å²) < 4.78 is 6.16. The van der Waals surface area contributed by atoms with Crippen molar-refractivity contribution in [2.24, 2.45) is 0 Å². The van der Waals surface area contributed by atoms with E-state index in [0.717, 1.165) is 78.2 Å². The van der Waals surface area contributed by atoms with Crippen LogP contribution in [0.15, 0.2) is 381 Å². The zero-order valence-corrected chi connectivity index (χ0v) is 52.6. The molecule has 0 fully saturated rings. The lowest BCUT2D eigenvalue weighted by Crippen LogP contribution is -2.28. The Morgan fingerprint density at radius 1 is 0.219 bits per heavy atom. The third kappa shape index (κ3) is 9.15. The van der Waals surface area contributed by atoms with E-state index in [2.05, 4.69) is 357 Å². The first-order chi connectivity index (χ1) is 47.6. The van der Waals surface area contributed by atoms with Crippen molar-refractivity contribution >= 4 is 28.2 Å². The third-order valence-corrected chi connectivity index (χ3v) is 20.2. The minimum Gasteiger partial charge on any atom is -0.436 e. The number of rotatable bonds is 13. The molecule has 15 aromatic carbocycles. The summed E-state index contributed by atoms with van der Waals surface area (Å²) in [6.07, 6.45) is 0. The molecule has 450 valence electrons. The van der Waals surface area contributed by atoms with Crippen molar-refractivity contribution in [2.45, 2.75) is 10.8 Å². The minimum absolute atomic E-state index is 0.497. The summed E-state index contributed by atoms with van der Waals surface area (Å²) in [5.74, 6) is 0.616. The summed E-state index contributed by atoms with van der Waals surface area (Å²) in [7, 11) is 0. The number of benzene rings is 15. The summed E-state index contributed by atoms with van der Waals surface area (Å²) in [5, 5.41) is 0. The second-order valence-corrected chi connectivity index (χ2v) is 25.2. The lowest BCUT2D eigenvalue weighted by atomic mass is 9.67. The van der Waals surface area contributed by atoms with Gasteiger partial charge in [-0.25, -0.2) is 4.98 Å². The van der Waals surface area contributed by atoms with Gasteiger partial charge in [-0.15, -0.1) is 0 Å². The number of hydrogen-bond donors (Lipinski definition) is 0. The minimum atomic E-state index is -0.497. The summed E-state index contributed by atoms with van der Waals surface area (Å²) in [6, 6.07) is 138. The van der Waals surface area contributed by atoms with Gasteiger partial charge in [0.1, 0.15) is 5.52 Å². The van der Waals surface area contributed by atoms with Gasteiger partial charge in [0.05, 0.1) is 10.8 Å². The van der Waals surface area contributed by atoms with Gasteiger partial charge >= 0.3 is 0 Å². The van der Waals surface area contributed by atoms with E-state index in [9.17, 15) is 0 Å². The molecule has 1 aromatic heterocycles. The average Bonchev–Trinajstić information content (AvgIpc) is 1.54. The van der Waals surface area contributed by atoms with Crippen molar-refractivity contribution < 1.29 is 4.42 Å². The number of nitrogens with zero attached hydrogens (tertiary/aromatic N) is 2. The molecule has 0 atom stereocenters. The summed E-state index contributed by atoms with van der Waals surface area (Å²) >= 11 is 0. The monoisotopic (exact) mass is 1220 g/mol. The molecule has 0 radical (unpaired) electrons. The van der Waals surface area contributed by atoms with Crippen molar-refractivity contribution in [1.29, 1.82) is 0 Å². The van der Waals surface area contributed by atoms with E-state index in [1.54, 1.807) is 0 Å². The zero-order valence-electron chi connectivity index (χ0n) is 52.6. The summed E-state index contributed by atoms with van der Waals surface area (Å²) in [5.41, 5.74) is 31.5. The van der Waals surface area contributed by atoms with Crippen molar-refractivity contribution in [3.63, 3.8) is 0 Å². The van der Waals surface area contributed by atoms with Crippen LogP contribution in [0.5, 0.6) is 0 Å². The van der Waals surface area contributed by atoms with Gasteiger partial charge in [-0.3, -0.25) is 0 Å². The molecule has 18 rings (SSSR count). The van der Waals surface area contributed by atoms with E-state index in [-0.39, 0.29) is 0 Å². The Hall–Kier alpha value is -12.4. The topological polar surface area (TPSA) is 29.3 Å². The molecule has 3 heteroatoms. The van der Waals surface area contributed by atoms with E-state index in [0.29, 0.717) is 5.89 Å². The Balaban J connectivity index is 0.729. The van der Waals surface area contributed by atoms with E-state index in [1.165, 1.54) is 77.9 Å². The highest BCUT2D eigenvalue weighted by molar-refractivity contribution is 5.94. The number of hydrogen-bond acceptors (Lipinski definition) is 3. The van der Waals surface area contributed by atoms with Crippen LogP contribution in [0.1, 0.15) is 44.5 Å². The fourth-order valence-electron chi connectivity index (χ4n) is 15.8. The van der Waals surface area contributed by atoms with E-state index in [1.807, 2.05) is 24.3 Å². The molecule has 0 N–H and O–H groups in total. The van der Waals surface area contributed by atoms with Gasteiger partial charge in [-0.1, -0.05) is 303 Å². The van der Waals surface area contributed by atoms with Crippen molar-refractivity contribution in [1.82, 2.24) is 4.98 Å². The largest absolute Gasteiger partial charge is 0.436 e. The molecule has 16 aromatic rings. The molecular weight excluding hydrogens is 1160 g/mol. The highest BCUT2D eigenvalue weighted by Crippen LogP contribution is 2.59. The molecular formula is C93H62N2O. The van der Waals surface area contributed by atoms with Crippen LogP contribution in [-0.2, 0) is 10.8 Å². The normalized spacial score (nSPS) is 13.0.